The number of methoxy groups -OCH3 is 1. The first kappa shape index (κ1) is 22.3. The molecule has 2 heterocycles. The monoisotopic (exact) mass is 490 g/mol. The molecule has 1 aromatic heterocycles. The summed E-state index contributed by atoms with van der Waals surface area (Å²) in [5.74, 6) is -0.452. The van der Waals surface area contributed by atoms with Crippen LogP contribution >= 0.6 is 35.2 Å². The van der Waals surface area contributed by atoms with Crippen molar-refractivity contribution in [3.8, 4) is 0 Å². The number of non-ortho nitro benzene ring substituents is 1. The van der Waals surface area contributed by atoms with E-state index in [1.165, 1.54) is 30.6 Å². The van der Waals surface area contributed by atoms with Crippen molar-refractivity contribution in [1.29, 1.82) is 0 Å². The van der Waals surface area contributed by atoms with Crippen LogP contribution in [0.25, 0.3) is 10.1 Å². The van der Waals surface area contributed by atoms with Crippen LogP contribution in [0.5, 0.6) is 0 Å². The number of carbonyl (C=O) groups excluding carboxylic acids is 1. The Kier molecular flexibility index (Phi) is 6.45. The number of anilines is 2. The lowest BCUT2D eigenvalue weighted by Crippen LogP contribution is -2.50. The minimum atomic E-state index is -0.452. The number of rotatable bonds is 4. The molecule has 1 aliphatic rings. The summed E-state index contributed by atoms with van der Waals surface area (Å²) in [6.07, 6.45) is 0. The van der Waals surface area contributed by atoms with E-state index in [4.69, 9.17) is 28.6 Å². The number of fused-ring (bicyclic) bond motifs is 1. The molecular weight excluding hydrogens is 472 g/mol. The normalized spacial score (nSPS) is 13.8. The first-order valence-corrected chi connectivity index (χ1v) is 11.3. The molecule has 166 valence electrons. The van der Waals surface area contributed by atoms with Crippen LogP contribution in [-0.2, 0) is 4.74 Å². The number of piperazine rings is 1. The number of halogens is 1. The van der Waals surface area contributed by atoms with Crippen LogP contribution < -0.4 is 10.2 Å². The SMILES string of the molecule is COC(=O)c1sc2cc(NC(=S)N3CCN(c4ccc([N+](=O)[O-])cc4)CC3)ccc2c1Cl. The fourth-order valence-corrected chi connectivity index (χ4v) is 5.29. The zero-order valence-corrected chi connectivity index (χ0v) is 19.4. The van der Waals surface area contributed by atoms with E-state index in [-0.39, 0.29) is 5.69 Å². The van der Waals surface area contributed by atoms with Gasteiger partial charge in [0.25, 0.3) is 5.69 Å². The minimum Gasteiger partial charge on any atom is -0.465 e. The molecule has 0 amide bonds. The third-order valence-electron chi connectivity index (χ3n) is 5.24. The molecule has 1 saturated heterocycles. The van der Waals surface area contributed by atoms with E-state index in [0.29, 0.717) is 15.0 Å². The molecule has 0 bridgehead atoms. The summed E-state index contributed by atoms with van der Waals surface area (Å²) in [7, 11) is 1.33. The Bertz CT molecular complexity index is 1190. The number of ether oxygens (including phenoxy) is 1. The summed E-state index contributed by atoms with van der Waals surface area (Å²) < 4.78 is 5.65. The molecule has 1 aliphatic heterocycles. The smallest absolute Gasteiger partial charge is 0.349 e. The van der Waals surface area contributed by atoms with Crippen molar-refractivity contribution in [3.05, 3.63) is 62.5 Å². The van der Waals surface area contributed by atoms with Crippen LogP contribution in [-0.4, -0.2) is 54.2 Å². The Morgan fingerprint density at radius 3 is 2.50 bits per heavy atom. The quantitative estimate of drug-likeness (QED) is 0.242. The molecule has 0 unspecified atom stereocenters. The van der Waals surface area contributed by atoms with Crippen molar-refractivity contribution >= 4 is 73.4 Å². The average Bonchev–Trinajstić information content (AvgIpc) is 3.14. The first-order valence-electron chi connectivity index (χ1n) is 9.73. The Morgan fingerprint density at radius 2 is 1.88 bits per heavy atom. The maximum atomic E-state index is 11.9. The molecule has 1 fully saturated rings. The van der Waals surface area contributed by atoms with Gasteiger partial charge in [0.15, 0.2) is 5.11 Å². The third-order valence-corrected chi connectivity index (χ3v) is 7.24. The second-order valence-corrected chi connectivity index (χ2v) is 8.94. The van der Waals surface area contributed by atoms with Gasteiger partial charge < -0.3 is 19.9 Å². The van der Waals surface area contributed by atoms with Gasteiger partial charge in [-0.25, -0.2) is 4.79 Å². The maximum Gasteiger partial charge on any atom is 0.349 e. The highest BCUT2D eigenvalue weighted by Crippen LogP contribution is 2.37. The fourth-order valence-electron chi connectivity index (χ4n) is 3.52. The zero-order chi connectivity index (χ0) is 22.8. The van der Waals surface area contributed by atoms with Gasteiger partial charge >= 0.3 is 5.97 Å². The number of hydrogen-bond donors (Lipinski definition) is 1. The molecule has 8 nitrogen and oxygen atoms in total. The van der Waals surface area contributed by atoms with Gasteiger partial charge in [-0.05, 0) is 42.5 Å². The molecule has 0 atom stereocenters. The van der Waals surface area contributed by atoms with Crippen molar-refractivity contribution in [2.45, 2.75) is 0 Å². The van der Waals surface area contributed by atoms with Crippen molar-refractivity contribution in [2.75, 3.05) is 43.5 Å². The van der Waals surface area contributed by atoms with Crippen LogP contribution in [0.3, 0.4) is 0 Å². The lowest BCUT2D eigenvalue weighted by molar-refractivity contribution is -0.384. The maximum absolute atomic E-state index is 11.9. The van der Waals surface area contributed by atoms with Crippen molar-refractivity contribution < 1.29 is 14.5 Å². The number of nitro groups is 1. The summed E-state index contributed by atoms with van der Waals surface area (Å²) in [5, 5.41) is 15.9. The molecule has 1 N–H and O–H groups in total. The van der Waals surface area contributed by atoms with E-state index in [1.807, 2.05) is 18.2 Å². The van der Waals surface area contributed by atoms with E-state index < -0.39 is 10.9 Å². The highest BCUT2D eigenvalue weighted by Gasteiger charge is 2.21. The summed E-state index contributed by atoms with van der Waals surface area (Å²) in [4.78, 5) is 26.9. The van der Waals surface area contributed by atoms with Gasteiger partial charge in [-0.2, -0.15) is 0 Å². The van der Waals surface area contributed by atoms with Gasteiger partial charge in [0, 0.05) is 59.8 Å². The Hall–Kier alpha value is -2.95. The molecule has 3 aromatic rings. The number of nitrogens with one attached hydrogen (secondary N) is 1. The zero-order valence-electron chi connectivity index (χ0n) is 17.0. The summed E-state index contributed by atoms with van der Waals surface area (Å²) in [6, 6.07) is 12.2. The summed E-state index contributed by atoms with van der Waals surface area (Å²) in [6.45, 7) is 2.95. The van der Waals surface area contributed by atoms with Crippen LogP contribution in [0.1, 0.15) is 9.67 Å². The predicted octanol–water partition coefficient (Wildman–Crippen LogP) is 4.77. The van der Waals surface area contributed by atoms with E-state index in [9.17, 15) is 14.9 Å². The van der Waals surface area contributed by atoms with Crippen LogP contribution in [0.2, 0.25) is 5.02 Å². The van der Waals surface area contributed by atoms with E-state index in [1.54, 1.807) is 12.1 Å². The molecule has 0 radical (unpaired) electrons. The van der Waals surface area contributed by atoms with Gasteiger partial charge in [0.2, 0.25) is 0 Å². The molecule has 0 saturated carbocycles. The Morgan fingerprint density at radius 1 is 1.19 bits per heavy atom. The number of carbonyl (C=O) groups is 1. The predicted molar refractivity (Wildman–Crippen MR) is 131 cm³/mol. The lowest BCUT2D eigenvalue weighted by Gasteiger charge is -2.37. The number of thiophene rings is 1. The highest BCUT2D eigenvalue weighted by molar-refractivity contribution is 7.80. The standard InChI is InChI=1S/C21H19ClN4O4S2/c1-30-20(27)19-18(22)16-7-2-13(12-17(16)32-19)23-21(31)25-10-8-24(9-11-25)14-3-5-15(6-4-14)26(28)29/h2-7,12H,8-11H2,1H3,(H,23,31). The average molecular weight is 491 g/mol. The molecule has 2 aromatic carbocycles. The first-order chi connectivity index (χ1) is 15.4. The number of thiocarbonyl (C=S) groups is 1. The number of hydrogen-bond acceptors (Lipinski definition) is 7. The van der Waals surface area contributed by atoms with Crippen molar-refractivity contribution in [2.24, 2.45) is 0 Å². The summed E-state index contributed by atoms with van der Waals surface area (Å²) in [5.41, 5.74) is 1.85. The van der Waals surface area contributed by atoms with Gasteiger partial charge in [0.1, 0.15) is 4.88 Å². The molecule has 11 heteroatoms. The van der Waals surface area contributed by atoms with Gasteiger partial charge in [-0.3, -0.25) is 10.1 Å². The number of nitrogens with zero attached hydrogens (tertiary/aromatic N) is 3. The van der Waals surface area contributed by atoms with Crippen LogP contribution in [0.15, 0.2) is 42.5 Å². The van der Waals surface area contributed by atoms with Crippen LogP contribution in [0.4, 0.5) is 17.1 Å². The number of benzene rings is 2. The molecule has 0 aliphatic carbocycles. The molecule has 32 heavy (non-hydrogen) atoms. The van der Waals surface area contributed by atoms with E-state index in [0.717, 1.165) is 47.6 Å². The topological polar surface area (TPSA) is 88.0 Å². The molecule has 4 rings (SSSR count). The lowest BCUT2D eigenvalue weighted by atomic mass is 10.2. The second kappa shape index (κ2) is 9.27. The summed E-state index contributed by atoms with van der Waals surface area (Å²) >= 11 is 13.2. The highest BCUT2D eigenvalue weighted by atomic mass is 35.5. The Balaban J connectivity index is 1.39. The number of esters is 1. The molecule has 0 spiro atoms. The van der Waals surface area contributed by atoms with Crippen molar-refractivity contribution in [1.82, 2.24) is 4.90 Å². The largest absolute Gasteiger partial charge is 0.465 e. The minimum absolute atomic E-state index is 0.0838. The van der Waals surface area contributed by atoms with Gasteiger partial charge in [-0.1, -0.05) is 11.6 Å². The van der Waals surface area contributed by atoms with Crippen LogP contribution in [0, 0.1) is 10.1 Å². The van der Waals surface area contributed by atoms with Gasteiger partial charge in [-0.15, -0.1) is 11.3 Å². The second-order valence-electron chi connectivity index (χ2n) is 7.13. The third kappa shape index (κ3) is 4.47. The molecular formula is C21H19ClN4O4S2. The van der Waals surface area contributed by atoms with E-state index in [2.05, 4.69) is 15.1 Å². The van der Waals surface area contributed by atoms with Crippen molar-refractivity contribution in [3.63, 3.8) is 0 Å². The van der Waals surface area contributed by atoms with Gasteiger partial charge in [0.05, 0.1) is 17.1 Å². The Labute approximate surface area is 198 Å². The number of nitro benzene ring substituents is 1. The van der Waals surface area contributed by atoms with E-state index >= 15 is 0 Å². The fraction of sp³-hybridized carbons (Fsp3) is 0.238.